The predicted molar refractivity (Wildman–Crippen MR) is 57.5 cm³/mol. The fourth-order valence-corrected chi connectivity index (χ4v) is 1.31. The molecule has 0 fully saturated rings. The first kappa shape index (κ1) is 12.8. The monoisotopic (exact) mass is 241 g/mol. The third kappa shape index (κ3) is 2.44. The molecule has 1 aromatic rings. The number of nitro groups is 1. The lowest BCUT2D eigenvalue weighted by Crippen LogP contribution is -2.07. The zero-order valence-electron chi connectivity index (χ0n) is 9.55. The molecule has 0 aliphatic rings. The average molecular weight is 241 g/mol. The van der Waals surface area contributed by atoms with Crippen LogP contribution in [0.2, 0.25) is 0 Å². The van der Waals surface area contributed by atoms with Crippen LogP contribution in [0.4, 0.5) is 5.69 Å². The van der Waals surface area contributed by atoms with Crippen LogP contribution in [0.15, 0.2) is 12.1 Å². The Balaban J connectivity index is 3.51. The van der Waals surface area contributed by atoms with E-state index in [1.54, 1.807) is 0 Å². The molecule has 0 heterocycles. The molecule has 0 atom stereocenters. The van der Waals surface area contributed by atoms with Gasteiger partial charge in [0.15, 0.2) is 0 Å². The van der Waals surface area contributed by atoms with E-state index in [1.165, 1.54) is 26.4 Å². The van der Waals surface area contributed by atoms with Crippen molar-refractivity contribution in [2.24, 2.45) is 0 Å². The number of rotatable bonds is 4. The van der Waals surface area contributed by atoms with Gasteiger partial charge in [-0.3, -0.25) is 10.1 Å². The number of esters is 1. The van der Waals surface area contributed by atoms with Crippen LogP contribution in [0.1, 0.15) is 10.4 Å². The Morgan fingerprint density at radius 2 is 1.88 bits per heavy atom. The van der Waals surface area contributed by atoms with Crippen LogP contribution >= 0.6 is 0 Å². The van der Waals surface area contributed by atoms with Crippen LogP contribution in [0, 0.1) is 10.1 Å². The molecule has 7 heteroatoms. The van der Waals surface area contributed by atoms with E-state index in [2.05, 4.69) is 4.74 Å². The second kappa shape index (κ2) is 5.15. The van der Waals surface area contributed by atoms with Crippen molar-refractivity contribution in [1.82, 2.24) is 0 Å². The standard InChI is InChI=1S/C10H11NO6/c1-15-6-4-7(10(12)17-3)9(11(13)14)8(5-6)16-2/h4-5H,1-3H3. The normalized spacial score (nSPS) is 9.59. The second-order valence-corrected chi connectivity index (χ2v) is 2.97. The van der Waals surface area contributed by atoms with E-state index in [4.69, 9.17) is 9.47 Å². The van der Waals surface area contributed by atoms with Gasteiger partial charge in [0.05, 0.1) is 26.3 Å². The maximum atomic E-state index is 11.4. The van der Waals surface area contributed by atoms with Gasteiger partial charge in [-0.15, -0.1) is 0 Å². The molecule has 0 aromatic heterocycles. The lowest BCUT2D eigenvalue weighted by molar-refractivity contribution is -0.386. The Bertz CT molecular complexity index is 456. The number of ether oxygens (including phenoxy) is 3. The molecular formula is C10H11NO6. The van der Waals surface area contributed by atoms with E-state index < -0.39 is 16.6 Å². The first-order valence-electron chi connectivity index (χ1n) is 4.53. The molecule has 0 unspecified atom stereocenters. The summed E-state index contributed by atoms with van der Waals surface area (Å²) >= 11 is 0. The van der Waals surface area contributed by atoms with E-state index in [0.29, 0.717) is 0 Å². The Hall–Kier alpha value is -2.31. The third-order valence-electron chi connectivity index (χ3n) is 2.09. The summed E-state index contributed by atoms with van der Waals surface area (Å²) in [6.07, 6.45) is 0. The maximum Gasteiger partial charge on any atom is 0.345 e. The summed E-state index contributed by atoms with van der Waals surface area (Å²) in [5, 5.41) is 10.9. The largest absolute Gasteiger partial charge is 0.497 e. The average Bonchev–Trinajstić information content (AvgIpc) is 2.35. The zero-order valence-corrected chi connectivity index (χ0v) is 9.55. The highest BCUT2D eigenvalue weighted by atomic mass is 16.6. The summed E-state index contributed by atoms with van der Waals surface area (Å²) in [6, 6.07) is 2.55. The molecule has 0 aliphatic carbocycles. The highest BCUT2D eigenvalue weighted by Gasteiger charge is 2.27. The predicted octanol–water partition coefficient (Wildman–Crippen LogP) is 1.40. The maximum absolute atomic E-state index is 11.4. The van der Waals surface area contributed by atoms with Crippen molar-refractivity contribution in [3.05, 3.63) is 27.8 Å². The van der Waals surface area contributed by atoms with Crippen molar-refractivity contribution in [3.8, 4) is 11.5 Å². The minimum atomic E-state index is -0.825. The SMILES string of the molecule is COC(=O)c1cc(OC)cc(OC)c1[N+](=O)[O-]. The molecule has 0 radical (unpaired) electrons. The number of benzene rings is 1. The summed E-state index contributed by atoms with van der Waals surface area (Å²) in [5.74, 6) is -0.614. The van der Waals surface area contributed by atoms with E-state index >= 15 is 0 Å². The molecule has 0 saturated carbocycles. The van der Waals surface area contributed by atoms with Crippen molar-refractivity contribution in [2.45, 2.75) is 0 Å². The lowest BCUT2D eigenvalue weighted by atomic mass is 10.1. The van der Waals surface area contributed by atoms with Crippen molar-refractivity contribution < 1.29 is 23.9 Å². The van der Waals surface area contributed by atoms with Crippen LogP contribution in [0.5, 0.6) is 11.5 Å². The molecule has 0 spiro atoms. The third-order valence-corrected chi connectivity index (χ3v) is 2.09. The Labute approximate surface area is 97.0 Å². The smallest absolute Gasteiger partial charge is 0.345 e. The van der Waals surface area contributed by atoms with Gasteiger partial charge in [-0.25, -0.2) is 4.79 Å². The summed E-state index contributed by atoms with van der Waals surface area (Å²) in [4.78, 5) is 21.6. The zero-order chi connectivity index (χ0) is 13.0. The van der Waals surface area contributed by atoms with Crippen molar-refractivity contribution in [3.63, 3.8) is 0 Å². The molecule has 0 saturated heterocycles. The Morgan fingerprint density at radius 1 is 1.24 bits per heavy atom. The number of nitrogens with zero attached hydrogens (tertiary/aromatic N) is 1. The molecule has 17 heavy (non-hydrogen) atoms. The van der Waals surface area contributed by atoms with Crippen LogP contribution < -0.4 is 9.47 Å². The molecule has 0 N–H and O–H groups in total. The highest BCUT2D eigenvalue weighted by Crippen LogP contribution is 2.35. The van der Waals surface area contributed by atoms with E-state index in [9.17, 15) is 14.9 Å². The molecule has 0 aliphatic heterocycles. The van der Waals surface area contributed by atoms with Gasteiger partial charge in [-0.1, -0.05) is 0 Å². The van der Waals surface area contributed by atoms with Crippen molar-refractivity contribution >= 4 is 11.7 Å². The minimum absolute atomic E-state index is 0.0604. The van der Waals surface area contributed by atoms with Gasteiger partial charge in [0, 0.05) is 12.1 Å². The second-order valence-electron chi connectivity index (χ2n) is 2.97. The van der Waals surface area contributed by atoms with Gasteiger partial charge in [-0.2, -0.15) is 0 Å². The number of carbonyl (C=O) groups excluding carboxylic acids is 1. The molecule has 7 nitrogen and oxygen atoms in total. The van der Waals surface area contributed by atoms with E-state index in [-0.39, 0.29) is 17.1 Å². The Morgan fingerprint density at radius 3 is 2.29 bits per heavy atom. The fraction of sp³-hybridized carbons (Fsp3) is 0.300. The fourth-order valence-electron chi connectivity index (χ4n) is 1.31. The van der Waals surface area contributed by atoms with Gasteiger partial charge in [0.1, 0.15) is 11.3 Å². The Kier molecular flexibility index (Phi) is 3.86. The molecule has 0 amide bonds. The van der Waals surface area contributed by atoms with Crippen LogP contribution in [-0.4, -0.2) is 32.2 Å². The molecule has 0 bridgehead atoms. The summed E-state index contributed by atoms with van der Waals surface area (Å²) in [7, 11) is 3.78. The van der Waals surface area contributed by atoms with Crippen molar-refractivity contribution in [1.29, 1.82) is 0 Å². The number of nitro benzene ring substituents is 1. The molecule has 92 valence electrons. The van der Waals surface area contributed by atoms with Gasteiger partial charge < -0.3 is 14.2 Å². The number of carbonyl (C=O) groups is 1. The number of hydrogen-bond donors (Lipinski definition) is 0. The molecule has 1 aromatic carbocycles. The first-order valence-corrected chi connectivity index (χ1v) is 4.53. The quantitative estimate of drug-likeness (QED) is 0.449. The van der Waals surface area contributed by atoms with Crippen LogP contribution in [-0.2, 0) is 4.74 Å². The van der Waals surface area contributed by atoms with Crippen molar-refractivity contribution in [2.75, 3.05) is 21.3 Å². The van der Waals surface area contributed by atoms with E-state index in [0.717, 1.165) is 7.11 Å². The first-order chi connectivity index (χ1) is 8.04. The number of hydrogen-bond acceptors (Lipinski definition) is 6. The molecule has 1 rings (SSSR count). The lowest BCUT2D eigenvalue weighted by Gasteiger charge is -2.08. The van der Waals surface area contributed by atoms with Gasteiger partial charge in [-0.05, 0) is 0 Å². The summed E-state index contributed by atoms with van der Waals surface area (Å²) in [5.41, 5.74) is -0.658. The minimum Gasteiger partial charge on any atom is -0.497 e. The van der Waals surface area contributed by atoms with Gasteiger partial charge >= 0.3 is 11.7 Å². The summed E-state index contributed by atoms with van der Waals surface area (Å²) < 4.78 is 14.2. The highest BCUT2D eigenvalue weighted by molar-refractivity contribution is 5.95. The summed E-state index contributed by atoms with van der Waals surface area (Å²) in [6.45, 7) is 0. The van der Waals surface area contributed by atoms with Crippen LogP contribution in [0.25, 0.3) is 0 Å². The van der Waals surface area contributed by atoms with Gasteiger partial charge in [0.2, 0.25) is 5.75 Å². The number of methoxy groups -OCH3 is 3. The van der Waals surface area contributed by atoms with E-state index in [1.807, 2.05) is 0 Å². The topological polar surface area (TPSA) is 87.9 Å². The van der Waals surface area contributed by atoms with Crippen LogP contribution in [0.3, 0.4) is 0 Å². The van der Waals surface area contributed by atoms with Gasteiger partial charge in [0.25, 0.3) is 0 Å². The molecular weight excluding hydrogens is 230 g/mol.